The van der Waals surface area contributed by atoms with E-state index in [-0.39, 0.29) is 11.9 Å². The summed E-state index contributed by atoms with van der Waals surface area (Å²) in [5.74, 6) is -4.96. The summed E-state index contributed by atoms with van der Waals surface area (Å²) >= 11 is 1.53. The van der Waals surface area contributed by atoms with Gasteiger partial charge in [0.15, 0.2) is 10.7 Å². The number of carbonyl (C=O) groups is 4. The maximum Gasteiger partial charge on any atom is 0.336 e. The van der Waals surface area contributed by atoms with Crippen LogP contribution in [0.1, 0.15) is 50.3 Å². The first kappa shape index (κ1) is 31.7. The highest BCUT2D eigenvalue weighted by molar-refractivity contribution is 7.13. The van der Waals surface area contributed by atoms with Crippen molar-refractivity contribution in [1.82, 2.24) is 15.2 Å². The predicted molar refractivity (Wildman–Crippen MR) is 145 cm³/mol. The van der Waals surface area contributed by atoms with E-state index in [2.05, 4.69) is 46.5 Å². The third-order valence-electron chi connectivity index (χ3n) is 5.98. The van der Waals surface area contributed by atoms with Gasteiger partial charge in [-0.1, -0.05) is 19.1 Å². The molecule has 1 aliphatic heterocycles. The van der Waals surface area contributed by atoms with Gasteiger partial charge in [0.25, 0.3) is 0 Å². The number of thiazole rings is 1. The van der Waals surface area contributed by atoms with E-state index in [4.69, 9.17) is 20.4 Å². The Balaban J connectivity index is 0.000000349. The van der Waals surface area contributed by atoms with Gasteiger partial charge in [0.1, 0.15) is 0 Å². The Labute approximate surface area is 230 Å². The molecular formula is C26H36N4O8S. The monoisotopic (exact) mass is 564 g/mol. The molecule has 1 aromatic carbocycles. The van der Waals surface area contributed by atoms with Crippen LogP contribution >= 0.6 is 11.3 Å². The van der Waals surface area contributed by atoms with Gasteiger partial charge in [-0.25, -0.2) is 9.78 Å². The molecule has 6 N–H and O–H groups in total. The molecule has 2 heterocycles. The number of aliphatic hydroxyl groups is 1. The fourth-order valence-electron chi connectivity index (χ4n) is 4.00. The second-order valence-electron chi connectivity index (χ2n) is 9.47. The zero-order chi connectivity index (χ0) is 29.0. The molecule has 0 saturated carbocycles. The molecule has 0 spiro atoms. The van der Waals surface area contributed by atoms with Crippen molar-refractivity contribution in [2.24, 2.45) is 0 Å². The van der Waals surface area contributed by atoms with Crippen LogP contribution < -0.4 is 10.6 Å². The van der Waals surface area contributed by atoms with Crippen molar-refractivity contribution in [3.63, 3.8) is 0 Å². The Morgan fingerprint density at radius 1 is 1.10 bits per heavy atom. The van der Waals surface area contributed by atoms with Crippen molar-refractivity contribution in [2.75, 3.05) is 25.0 Å². The molecule has 1 unspecified atom stereocenters. The Hall–Kier alpha value is -3.55. The lowest BCUT2D eigenvalue weighted by atomic mass is 9.96. The number of nitrogens with zero attached hydrogens (tertiary/aromatic N) is 2. The number of hydrogen-bond acceptors (Lipinski definition) is 9. The molecule has 0 aliphatic carbocycles. The van der Waals surface area contributed by atoms with Crippen molar-refractivity contribution in [2.45, 2.75) is 64.0 Å². The zero-order valence-corrected chi connectivity index (χ0v) is 22.9. The number of likely N-dealkylation sites (tertiary alicyclic amines) is 1. The zero-order valence-electron chi connectivity index (χ0n) is 22.1. The number of anilines is 2. The average Bonchev–Trinajstić information content (AvgIpc) is 3.50. The number of carboxylic acid groups (broad SMARTS) is 3. The van der Waals surface area contributed by atoms with E-state index in [9.17, 15) is 19.2 Å². The molecule has 1 amide bonds. The summed E-state index contributed by atoms with van der Waals surface area (Å²) in [6, 6.07) is 8.41. The lowest BCUT2D eigenvalue weighted by molar-refractivity contribution is -0.170. The predicted octanol–water partition coefficient (Wildman–Crippen LogP) is 2.48. The number of aliphatic carboxylic acids is 3. The van der Waals surface area contributed by atoms with Crippen molar-refractivity contribution in [3.8, 4) is 0 Å². The molecule has 2 aromatic rings. The Bertz CT molecular complexity index is 1120. The Morgan fingerprint density at radius 2 is 1.74 bits per heavy atom. The first-order chi connectivity index (χ1) is 18.4. The number of aryl methyl sites for hydroxylation is 1. The number of nitrogens with one attached hydrogen (secondary N) is 2. The SMILES string of the molecule is CCC(CN1CCCC1)NC(=O)Cc1csc(Nc2cccc(C)c2)n1.O=C(O)CC(O)(CC(=O)O)C(=O)O. The van der Waals surface area contributed by atoms with E-state index in [1.54, 1.807) is 0 Å². The Morgan fingerprint density at radius 3 is 2.28 bits per heavy atom. The van der Waals surface area contributed by atoms with Crippen molar-refractivity contribution in [3.05, 3.63) is 40.9 Å². The van der Waals surface area contributed by atoms with Crippen LogP contribution in [-0.4, -0.2) is 85.4 Å². The maximum atomic E-state index is 12.4. The minimum absolute atomic E-state index is 0.0588. The van der Waals surface area contributed by atoms with Crippen LogP contribution in [0.2, 0.25) is 0 Å². The summed E-state index contributed by atoms with van der Waals surface area (Å²) < 4.78 is 0. The molecule has 12 nitrogen and oxygen atoms in total. The standard InChI is InChI=1S/C20H28N4OS.C6H8O7/c1-3-16(13-24-9-4-5-10-24)21-19(25)12-18-14-26-20(23-18)22-17-8-6-7-15(2)11-17;7-3(8)1-6(13,5(11)12)2-4(9)10/h6-8,11,14,16H,3-5,9-10,12-13H2,1-2H3,(H,21,25)(H,22,23);13H,1-2H2,(H,7,8)(H,9,10)(H,11,12). The van der Waals surface area contributed by atoms with Gasteiger partial charge in [-0.05, 0) is 57.0 Å². The van der Waals surface area contributed by atoms with Crippen molar-refractivity contribution >= 4 is 46.0 Å². The van der Waals surface area contributed by atoms with E-state index in [0.717, 1.165) is 42.6 Å². The van der Waals surface area contributed by atoms with Crippen LogP contribution in [0.25, 0.3) is 0 Å². The van der Waals surface area contributed by atoms with Gasteiger partial charge in [0.05, 0.1) is 25.0 Å². The third-order valence-corrected chi connectivity index (χ3v) is 6.79. The normalized spacial score (nSPS) is 14.1. The third kappa shape index (κ3) is 11.4. The topological polar surface area (TPSA) is 189 Å². The van der Waals surface area contributed by atoms with Crippen LogP contribution in [-0.2, 0) is 25.6 Å². The Kier molecular flexibility index (Phi) is 12.3. The largest absolute Gasteiger partial charge is 0.481 e. The van der Waals surface area contributed by atoms with Crippen LogP contribution in [0.4, 0.5) is 10.8 Å². The summed E-state index contributed by atoms with van der Waals surface area (Å²) in [5.41, 5.74) is 0.304. The van der Waals surface area contributed by atoms with Crippen molar-refractivity contribution in [1.29, 1.82) is 0 Å². The molecule has 214 valence electrons. The van der Waals surface area contributed by atoms with Crippen LogP contribution in [0.3, 0.4) is 0 Å². The number of carboxylic acids is 3. The minimum Gasteiger partial charge on any atom is -0.481 e. The molecule has 3 rings (SSSR count). The quantitative estimate of drug-likeness (QED) is 0.210. The van der Waals surface area contributed by atoms with E-state index < -0.39 is 36.4 Å². The fourth-order valence-corrected chi connectivity index (χ4v) is 4.73. The summed E-state index contributed by atoms with van der Waals surface area (Å²) in [6.07, 6.45) is 1.56. The van der Waals surface area contributed by atoms with E-state index in [1.165, 1.54) is 29.7 Å². The van der Waals surface area contributed by atoms with Gasteiger partial charge in [0.2, 0.25) is 5.91 Å². The number of amides is 1. The van der Waals surface area contributed by atoms with E-state index >= 15 is 0 Å². The van der Waals surface area contributed by atoms with Gasteiger partial charge in [-0.15, -0.1) is 11.3 Å². The van der Waals surface area contributed by atoms with Crippen molar-refractivity contribution < 1.29 is 39.6 Å². The second-order valence-corrected chi connectivity index (χ2v) is 10.3. The summed E-state index contributed by atoms with van der Waals surface area (Å²) in [5, 5.41) is 43.1. The molecule has 1 atom stereocenters. The molecule has 1 saturated heterocycles. The molecule has 13 heteroatoms. The van der Waals surface area contributed by atoms with Gasteiger partial charge in [-0.3, -0.25) is 14.4 Å². The fraction of sp³-hybridized carbons (Fsp3) is 0.500. The lowest BCUT2D eigenvalue weighted by Gasteiger charge is -2.23. The smallest absolute Gasteiger partial charge is 0.336 e. The maximum absolute atomic E-state index is 12.4. The highest BCUT2D eigenvalue weighted by atomic mass is 32.1. The van der Waals surface area contributed by atoms with E-state index in [0.29, 0.717) is 6.42 Å². The first-order valence-electron chi connectivity index (χ1n) is 12.6. The van der Waals surface area contributed by atoms with Gasteiger partial charge >= 0.3 is 17.9 Å². The van der Waals surface area contributed by atoms with Crippen LogP contribution in [0, 0.1) is 6.92 Å². The molecule has 0 radical (unpaired) electrons. The average molecular weight is 565 g/mol. The van der Waals surface area contributed by atoms with Crippen LogP contribution in [0.15, 0.2) is 29.6 Å². The molecular weight excluding hydrogens is 528 g/mol. The number of hydrogen-bond donors (Lipinski definition) is 6. The summed E-state index contributed by atoms with van der Waals surface area (Å²) in [7, 11) is 0. The first-order valence-corrected chi connectivity index (χ1v) is 13.5. The highest BCUT2D eigenvalue weighted by Gasteiger charge is 2.40. The molecule has 0 bridgehead atoms. The minimum atomic E-state index is -2.74. The van der Waals surface area contributed by atoms with Gasteiger partial charge < -0.3 is 36.0 Å². The molecule has 1 fully saturated rings. The molecule has 39 heavy (non-hydrogen) atoms. The second kappa shape index (κ2) is 15.1. The van der Waals surface area contributed by atoms with Gasteiger partial charge in [0, 0.05) is 23.7 Å². The summed E-state index contributed by atoms with van der Waals surface area (Å²) in [6.45, 7) is 7.47. The number of benzene rings is 1. The number of carbonyl (C=O) groups excluding carboxylic acids is 1. The molecule has 1 aliphatic rings. The number of aromatic nitrogens is 1. The summed E-state index contributed by atoms with van der Waals surface area (Å²) in [4.78, 5) is 49.9. The van der Waals surface area contributed by atoms with Gasteiger partial charge in [-0.2, -0.15) is 0 Å². The highest BCUT2D eigenvalue weighted by Crippen LogP contribution is 2.22. The molecule has 1 aromatic heterocycles. The lowest BCUT2D eigenvalue weighted by Crippen LogP contribution is -2.43. The van der Waals surface area contributed by atoms with E-state index in [1.807, 2.05) is 17.5 Å². The number of rotatable bonds is 13. The van der Waals surface area contributed by atoms with Crippen LogP contribution in [0.5, 0.6) is 0 Å².